The molecule has 0 saturated carbocycles. The molecule has 3 heterocycles. The third-order valence-electron chi connectivity index (χ3n) is 4.61. The van der Waals surface area contributed by atoms with Crippen LogP contribution in [0.15, 0.2) is 53.0 Å². The lowest BCUT2D eigenvalue weighted by Crippen LogP contribution is -2.22. The summed E-state index contributed by atoms with van der Waals surface area (Å²) in [5, 5.41) is 7.52. The lowest BCUT2D eigenvalue weighted by atomic mass is 10.2. The summed E-state index contributed by atoms with van der Waals surface area (Å²) < 4.78 is 4.92. The maximum atomic E-state index is 12.8. The van der Waals surface area contributed by atoms with Crippen molar-refractivity contribution in [3.05, 3.63) is 59.9 Å². The van der Waals surface area contributed by atoms with Crippen LogP contribution in [0, 0.1) is 0 Å². The summed E-state index contributed by atoms with van der Waals surface area (Å²) in [6, 6.07) is 10.7. The lowest BCUT2D eigenvalue weighted by Gasteiger charge is -2.24. The van der Waals surface area contributed by atoms with Crippen LogP contribution in [0.3, 0.4) is 0 Å². The first kappa shape index (κ1) is 19.7. The predicted molar refractivity (Wildman–Crippen MR) is 116 cm³/mol. The summed E-state index contributed by atoms with van der Waals surface area (Å²) in [5.41, 5.74) is 7.15. The molecule has 1 fully saturated rings. The Morgan fingerprint density at radius 1 is 1.14 bits per heavy atom. The van der Waals surface area contributed by atoms with Crippen molar-refractivity contribution < 1.29 is 9.59 Å². The number of hydrogen-bond acceptors (Lipinski definition) is 6. The van der Waals surface area contributed by atoms with Crippen LogP contribution in [0.25, 0.3) is 5.69 Å². The minimum Gasteiger partial charge on any atom is -0.366 e. The molecule has 2 aromatic heterocycles. The van der Waals surface area contributed by atoms with Gasteiger partial charge in [0.2, 0.25) is 0 Å². The van der Waals surface area contributed by atoms with E-state index >= 15 is 0 Å². The van der Waals surface area contributed by atoms with E-state index in [1.165, 1.54) is 30.6 Å². The molecule has 1 aliphatic heterocycles. The van der Waals surface area contributed by atoms with Crippen LogP contribution < -0.4 is 11.1 Å². The monoisotopic (exact) mass is 427 g/mol. The van der Waals surface area contributed by atoms with Crippen molar-refractivity contribution in [3.8, 4) is 5.69 Å². The average Bonchev–Trinajstić information content (AvgIpc) is 3.39. The predicted octanol–water partition coefficient (Wildman–Crippen LogP) is 3.78. The van der Waals surface area contributed by atoms with Crippen molar-refractivity contribution in [2.24, 2.45) is 5.73 Å². The number of anilines is 1. The molecule has 0 unspecified atom stereocenters. The molecule has 4 rings (SSSR count). The number of nitrogens with two attached hydrogens (primary N) is 1. The molecule has 0 aliphatic carbocycles. The molecule has 0 spiro atoms. The molecule has 1 aliphatic rings. The van der Waals surface area contributed by atoms with Gasteiger partial charge in [-0.2, -0.15) is 5.10 Å². The average molecular weight is 428 g/mol. The number of carbonyl (C=O) groups excluding carboxylic acids is 2. The molecule has 7 nitrogen and oxygen atoms in total. The molecule has 1 saturated heterocycles. The first-order valence-electron chi connectivity index (χ1n) is 9.38. The third-order valence-corrected chi connectivity index (χ3v) is 6.85. The second-order valence-corrected chi connectivity index (χ2v) is 9.16. The van der Waals surface area contributed by atoms with Crippen molar-refractivity contribution in [2.45, 2.75) is 23.5 Å². The van der Waals surface area contributed by atoms with Crippen LogP contribution in [0.2, 0.25) is 0 Å². The molecule has 0 bridgehead atoms. The Labute approximate surface area is 177 Å². The number of rotatable bonds is 6. The molecular formula is C20H21N5O2S2. The van der Waals surface area contributed by atoms with Crippen molar-refractivity contribution in [1.82, 2.24) is 14.1 Å². The summed E-state index contributed by atoms with van der Waals surface area (Å²) in [5.74, 6) is -0.842. The number of benzene rings is 1. The van der Waals surface area contributed by atoms with Crippen molar-refractivity contribution in [1.29, 1.82) is 0 Å². The molecular weight excluding hydrogens is 406 g/mol. The van der Waals surface area contributed by atoms with Crippen LogP contribution in [-0.4, -0.2) is 39.0 Å². The summed E-state index contributed by atoms with van der Waals surface area (Å²) in [6.07, 6.45) is 7.10. The third kappa shape index (κ3) is 4.69. The fourth-order valence-corrected chi connectivity index (χ4v) is 5.53. The van der Waals surface area contributed by atoms with Gasteiger partial charge in [-0.05, 0) is 55.1 Å². The highest BCUT2D eigenvalue weighted by molar-refractivity contribution is 7.99. The van der Waals surface area contributed by atoms with Gasteiger partial charge in [0.25, 0.3) is 11.8 Å². The van der Waals surface area contributed by atoms with Crippen LogP contribution >= 0.6 is 23.3 Å². The Kier molecular flexibility index (Phi) is 5.98. The SMILES string of the molecule is NC(=O)c1cc(SN2CCCCC2)sc1NC(=O)c1cccc(-n2cccn2)c1. The van der Waals surface area contributed by atoms with E-state index in [1.54, 1.807) is 47.1 Å². The van der Waals surface area contributed by atoms with Crippen LogP contribution in [0.5, 0.6) is 0 Å². The highest BCUT2D eigenvalue weighted by Crippen LogP contribution is 2.37. The number of nitrogens with one attached hydrogen (secondary N) is 1. The van der Waals surface area contributed by atoms with Gasteiger partial charge >= 0.3 is 0 Å². The van der Waals surface area contributed by atoms with Gasteiger partial charge in [0, 0.05) is 31.0 Å². The molecule has 2 amide bonds. The smallest absolute Gasteiger partial charge is 0.256 e. The van der Waals surface area contributed by atoms with Gasteiger partial charge in [0.05, 0.1) is 15.5 Å². The largest absolute Gasteiger partial charge is 0.366 e. The van der Waals surface area contributed by atoms with E-state index in [-0.39, 0.29) is 5.91 Å². The fraction of sp³-hybridized carbons (Fsp3) is 0.250. The second-order valence-electron chi connectivity index (χ2n) is 6.71. The molecule has 0 radical (unpaired) electrons. The number of carbonyl (C=O) groups is 2. The zero-order chi connectivity index (χ0) is 20.2. The highest BCUT2D eigenvalue weighted by atomic mass is 32.2. The maximum absolute atomic E-state index is 12.8. The lowest BCUT2D eigenvalue weighted by molar-refractivity contribution is 0.100. The maximum Gasteiger partial charge on any atom is 0.256 e. The molecule has 3 aromatic rings. The zero-order valence-electron chi connectivity index (χ0n) is 15.7. The summed E-state index contributed by atoms with van der Waals surface area (Å²) in [7, 11) is 0. The van der Waals surface area contributed by atoms with Crippen molar-refractivity contribution in [3.63, 3.8) is 0 Å². The Morgan fingerprint density at radius 3 is 2.69 bits per heavy atom. The Balaban J connectivity index is 1.53. The Morgan fingerprint density at radius 2 is 1.97 bits per heavy atom. The minimum atomic E-state index is -0.549. The topological polar surface area (TPSA) is 93.3 Å². The molecule has 150 valence electrons. The Bertz CT molecular complexity index is 1010. The van der Waals surface area contributed by atoms with Gasteiger partial charge in [-0.15, -0.1) is 11.3 Å². The second kappa shape index (κ2) is 8.81. The number of primary amides is 1. The van der Waals surface area contributed by atoms with Gasteiger partial charge in [0.1, 0.15) is 5.00 Å². The van der Waals surface area contributed by atoms with E-state index < -0.39 is 5.91 Å². The number of thiophene rings is 1. The molecule has 0 atom stereocenters. The van der Waals surface area contributed by atoms with Gasteiger partial charge in [0.15, 0.2) is 0 Å². The van der Waals surface area contributed by atoms with E-state index in [2.05, 4.69) is 14.7 Å². The van der Waals surface area contributed by atoms with Crippen LogP contribution in [0.4, 0.5) is 5.00 Å². The standard InChI is InChI=1S/C20H21N5O2S2/c21-18(26)16-13-17(29-24-9-2-1-3-10-24)28-20(16)23-19(27)14-6-4-7-15(12-14)25-11-5-8-22-25/h4-8,11-13H,1-3,9-10H2,(H2,21,26)(H,23,27). The first-order chi connectivity index (χ1) is 14.1. The summed E-state index contributed by atoms with van der Waals surface area (Å²) in [4.78, 5) is 24.7. The van der Waals surface area contributed by atoms with E-state index in [0.29, 0.717) is 16.1 Å². The molecule has 29 heavy (non-hydrogen) atoms. The summed E-state index contributed by atoms with van der Waals surface area (Å²) in [6.45, 7) is 2.05. The van der Waals surface area contributed by atoms with Gasteiger partial charge in [-0.1, -0.05) is 12.5 Å². The van der Waals surface area contributed by atoms with Crippen molar-refractivity contribution >= 4 is 40.1 Å². The molecule has 9 heteroatoms. The molecule has 1 aromatic carbocycles. The zero-order valence-corrected chi connectivity index (χ0v) is 17.3. The van der Waals surface area contributed by atoms with E-state index in [4.69, 9.17) is 5.73 Å². The van der Waals surface area contributed by atoms with Crippen molar-refractivity contribution in [2.75, 3.05) is 18.4 Å². The number of amides is 2. The minimum absolute atomic E-state index is 0.294. The number of hydrogen-bond donors (Lipinski definition) is 2. The molecule has 3 N–H and O–H groups in total. The van der Waals surface area contributed by atoms with Gasteiger partial charge in [-0.25, -0.2) is 8.99 Å². The van der Waals surface area contributed by atoms with Crippen LogP contribution in [-0.2, 0) is 0 Å². The van der Waals surface area contributed by atoms with Gasteiger partial charge in [-0.3, -0.25) is 9.59 Å². The Hall–Kier alpha value is -2.62. The summed E-state index contributed by atoms with van der Waals surface area (Å²) >= 11 is 3.00. The van der Waals surface area contributed by atoms with E-state index in [0.717, 1.165) is 23.0 Å². The first-order valence-corrected chi connectivity index (χ1v) is 11.0. The van der Waals surface area contributed by atoms with E-state index in [9.17, 15) is 9.59 Å². The quantitative estimate of drug-likeness (QED) is 0.584. The number of nitrogens with zero attached hydrogens (tertiary/aromatic N) is 3. The number of piperidine rings is 1. The van der Waals surface area contributed by atoms with E-state index in [1.807, 2.05) is 18.3 Å². The fourth-order valence-electron chi connectivity index (χ4n) is 3.16. The van der Waals surface area contributed by atoms with Crippen LogP contribution in [0.1, 0.15) is 40.0 Å². The highest BCUT2D eigenvalue weighted by Gasteiger charge is 2.20. The van der Waals surface area contributed by atoms with Gasteiger partial charge < -0.3 is 11.1 Å². The number of aromatic nitrogens is 2. The normalized spacial score (nSPS) is 14.6.